The normalized spacial score (nSPS) is 10.8. The molecule has 0 aromatic carbocycles. The lowest BCUT2D eigenvalue weighted by Gasteiger charge is -2.27. The van der Waals surface area contributed by atoms with Crippen molar-refractivity contribution in [2.75, 3.05) is 11.4 Å². The van der Waals surface area contributed by atoms with Gasteiger partial charge in [0, 0.05) is 18.2 Å². The van der Waals surface area contributed by atoms with Gasteiger partial charge in [-0.05, 0) is 20.8 Å². The Morgan fingerprint density at radius 2 is 2.07 bits per heavy atom. The molecule has 5 heteroatoms. The smallest absolute Gasteiger partial charge is 0.138 e. The van der Waals surface area contributed by atoms with Crippen LogP contribution in [0.2, 0.25) is 5.15 Å². The Labute approximate surface area is 100 Å². The third-order valence-corrected chi connectivity index (χ3v) is 2.83. The Bertz CT molecular complexity index is 328. The van der Waals surface area contributed by atoms with Crippen molar-refractivity contribution in [1.82, 2.24) is 9.97 Å². The fraction of sp³-hybridized carbons (Fsp3) is 0.600. The molecule has 84 valence electrons. The minimum Gasteiger partial charge on any atom is -0.354 e. The van der Waals surface area contributed by atoms with E-state index in [4.69, 9.17) is 23.2 Å². The highest BCUT2D eigenvalue weighted by molar-refractivity contribution is 6.31. The summed E-state index contributed by atoms with van der Waals surface area (Å²) in [5, 5.41) is 0.439. The van der Waals surface area contributed by atoms with Crippen LogP contribution in [0.25, 0.3) is 0 Å². The maximum atomic E-state index is 5.97. The first kappa shape index (κ1) is 12.5. The highest BCUT2D eigenvalue weighted by Gasteiger charge is 2.16. The number of halogens is 2. The van der Waals surface area contributed by atoms with Crippen LogP contribution in [0.15, 0.2) is 6.33 Å². The molecule has 0 spiro atoms. The minimum atomic E-state index is 0.332. The van der Waals surface area contributed by atoms with Crippen LogP contribution < -0.4 is 4.90 Å². The summed E-state index contributed by atoms with van der Waals surface area (Å²) in [5.41, 5.74) is 0.802. The van der Waals surface area contributed by atoms with Crippen molar-refractivity contribution in [3.8, 4) is 0 Å². The first-order valence-electron chi connectivity index (χ1n) is 4.93. The summed E-state index contributed by atoms with van der Waals surface area (Å²) < 4.78 is 0. The molecule has 0 radical (unpaired) electrons. The molecule has 0 amide bonds. The van der Waals surface area contributed by atoms with Gasteiger partial charge in [-0.25, -0.2) is 9.97 Å². The molecule has 1 aromatic rings. The van der Waals surface area contributed by atoms with Crippen LogP contribution in [-0.2, 0) is 5.88 Å². The van der Waals surface area contributed by atoms with Gasteiger partial charge in [-0.3, -0.25) is 0 Å². The van der Waals surface area contributed by atoms with E-state index < -0.39 is 0 Å². The van der Waals surface area contributed by atoms with Crippen LogP contribution in [-0.4, -0.2) is 22.6 Å². The van der Waals surface area contributed by atoms with E-state index in [9.17, 15) is 0 Å². The molecule has 1 heterocycles. The second-order valence-electron chi connectivity index (χ2n) is 3.48. The molecule has 0 unspecified atom stereocenters. The van der Waals surface area contributed by atoms with Crippen LogP contribution in [0, 0.1) is 0 Å². The molecule has 1 rings (SSSR count). The summed E-state index contributed by atoms with van der Waals surface area (Å²) in [6, 6.07) is 0.364. The predicted molar refractivity (Wildman–Crippen MR) is 64.8 cm³/mol. The molecule has 3 nitrogen and oxygen atoms in total. The zero-order chi connectivity index (χ0) is 11.4. The quantitative estimate of drug-likeness (QED) is 0.605. The largest absolute Gasteiger partial charge is 0.354 e. The number of aromatic nitrogens is 2. The van der Waals surface area contributed by atoms with Crippen LogP contribution in [0.3, 0.4) is 0 Å². The Balaban J connectivity index is 3.16. The van der Waals surface area contributed by atoms with Gasteiger partial charge in [-0.2, -0.15) is 0 Å². The SMILES string of the molecule is CCN(c1ncnc(Cl)c1CCl)C(C)C. The first-order chi connectivity index (χ1) is 7.11. The number of anilines is 1. The Kier molecular flexibility index (Phi) is 4.61. The topological polar surface area (TPSA) is 29.0 Å². The van der Waals surface area contributed by atoms with Crippen molar-refractivity contribution in [2.24, 2.45) is 0 Å². The molecule has 0 bridgehead atoms. The molecule has 0 fully saturated rings. The predicted octanol–water partition coefficient (Wildman–Crippen LogP) is 3.10. The Hall–Kier alpha value is -0.540. The summed E-state index contributed by atoms with van der Waals surface area (Å²) in [4.78, 5) is 10.3. The molecule has 0 aliphatic rings. The molecule has 0 atom stereocenters. The zero-order valence-electron chi connectivity index (χ0n) is 9.17. The van der Waals surface area contributed by atoms with Crippen molar-refractivity contribution >= 4 is 29.0 Å². The van der Waals surface area contributed by atoms with Crippen molar-refractivity contribution in [1.29, 1.82) is 0 Å². The van der Waals surface area contributed by atoms with Crippen molar-refractivity contribution in [3.05, 3.63) is 17.0 Å². The van der Waals surface area contributed by atoms with Gasteiger partial charge in [-0.1, -0.05) is 11.6 Å². The number of nitrogens with zero attached hydrogens (tertiary/aromatic N) is 3. The summed E-state index contributed by atoms with van der Waals surface area (Å²) in [6.07, 6.45) is 1.47. The molecule has 0 N–H and O–H groups in total. The fourth-order valence-electron chi connectivity index (χ4n) is 1.50. The lowest BCUT2D eigenvalue weighted by molar-refractivity contribution is 0.688. The average molecular weight is 248 g/mol. The van der Waals surface area contributed by atoms with Crippen LogP contribution >= 0.6 is 23.2 Å². The minimum absolute atomic E-state index is 0.332. The lowest BCUT2D eigenvalue weighted by atomic mass is 10.2. The third-order valence-electron chi connectivity index (χ3n) is 2.24. The van der Waals surface area contributed by atoms with Gasteiger partial charge in [0.1, 0.15) is 17.3 Å². The molecule has 0 aliphatic heterocycles. The first-order valence-corrected chi connectivity index (χ1v) is 5.85. The van der Waals surface area contributed by atoms with Gasteiger partial charge in [0.25, 0.3) is 0 Å². The lowest BCUT2D eigenvalue weighted by Crippen LogP contribution is -2.32. The summed E-state index contributed by atoms with van der Waals surface area (Å²) in [6.45, 7) is 7.16. The molecular weight excluding hydrogens is 233 g/mol. The molecule has 0 saturated carbocycles. The van der Waals surface area contributed by atoms with E-state index >= 15 is 0 Å². The van der Waals surface area contributed by atoms with Crippen LogP contribution in [0.5, 0.6) is 0 Å². The van der Waals surface area contributed by atoms with Crippen molar-refractivity contribution < 1.29 is 0 Å². The van der Waals surface area contributed by atoms with Crippen LogP contribution in [0.4, 0.5) is 5.82 Å². The van der Waals surface area contributed by atoms with Crippen molar-refractivity contribution in [3.63, 3.8) is 0 Å². The summed E-state index contributed by atoms with van der Waals surface area (Å²) in [5.74, 6) is 1.17. The third kappa shape index (κ3) is 2.73. The standard InChI is InChI=1S/C10H15Cl2N3/c1-4-15(7(2)3)10-8(5-11)9(12)13-6-14-10/h6-7H,4-5H2,1-3H3. The second kappa shape index (κ2) is 5.52. The highest BCUT2D eigenvalue weighted by atomic mass is 35.5. The highest BCUT2D eigenvalue weighted by Crippen LogP contribution is 2.26. The van der Waals surface area contributed by atoms with E-state index in [1.165, 1.54) is 6.33 Å². The van der Waals surface area contributed by atoms with E-state index in [1.807, 2.05) is 0 Å². The van der Waals surface area contributed by atoms with Gasteiger partial charge in [0.2, 0.25) is 0 Å². The fourth-order valence-corrected chi connectivity index (χ4v) is 2.01. The maximum Gasteiger partial charge on any atom is 0.138 e. The monoisotopic (exact) mass is 247 g/mol. The Morgan fingerprint density at radius 1 is 1.40 bits per heavy atom. The van der Waals surface area contributed by atoms with Gasteiger partial charge in [-0.15, -0.1) is 11.6 Å². The molecule has 0 saturated heterocycles. The average Bonchev–Trinajstić information content (AvgIpc) is 2.18. The van der Waals surface area contributed by atoms with E-state index in [0.717, 1.165) is 17.9 Å². The van der Waals surface area contributed by atoms with E-state index in [1.54, 1.807) is 0 Å². The van der Waals surface area contributed by atoms with E-state index in [-0.39, 0.29) is 0 Å². The summed E-state index contributed by atoms with van der Waals surface area (Å²) >= 11 is 11.8. The number of hydrogen-bond donors (Lipinski definition) is 0. The maximum absolute atomic E-state index is 5.97. The number of rotatable bonds is 4. The number of alkyl halides is 1. The molecule has 1 aromatic heterocycles. The summed E-state index contributed by atoms with van der Waals surface area (Å²) in [7, 11) is 0. The molecular formula is C10H15Cl2N3. The number of hydrogen-bond acceptors (Lipinski definition) is 3. The van der Waals surface area contributed by atoms with E-state index in [2.05, 4.69) is 35.6 Å². The van der Waals surface area contributed by atoms with Crippen molar-refractivity contribution in [2.45, 2.75) is 32.7 Å². The van der Waals surface area contributed by atoms with Gasteiger partial charge >= 0.3 is 0 Å². The second-order valence-corrected chi connectivity index (χ2v) is 4.11. The van der Waals surface area contributed by atoms with Gasteiger partial charge in [0.15, 0.2) is 0 Å². The Morgan fingerprint density at radius 3 is 2.53 bits per heavy atom. The van der Waals surface area contributed by atoms with E-state index in [0.29, 0.717) is 17.1 Å². The molecule has 0 aliphatic carbocycles. The van der Waals surface area contributed by atoms with Gasteiger partial charge < -0.3 is 4.90 Å². The zero-order valence-corrected chi connectivity index (χ0v) is 10.7. The van der Waals surface area contributed by atoms with Crippen LogP contribution in [0.1, 0.15) is 26.3 Å². The molecule has 15 heavy (non-hydrogen) atoms. The van der Waals surface area contributed by atoms with Gasteiger partial charge in [0.05, 0.1) is 5.88 Å².